The highest BCUT2D eigenvalue weighted by molar-refractivity contribution is 9.10. The van der Waals surface area contributed by atoms with Gasteiger partial charge in [0, 0.05) is 28.0 Å². The summed E-state index contributed by atoms with van der Waals surface area (Å²) in [6, 6.07) is 9.92. The molecule has 0 aliphatic carbocycles. The van der Waals surface area contributed by atoms with Gasteiger partial charge in [-0.2, -0.15) is 0 Å². The van der Waals surface area contributed by atoms with Crippen LogP contribution in [0.1, 0.15) is 20.7 Å². The number of fused-ring (bicyclic) bond motifs is 3. The quantitative estimate of drug-likeness (QED) is 0.517. The van der Waals surface area contributed by atoms with Gasteiger partial charge >= 0.3 is 0 Å². The lowest BCUT2D eigenvalue weighted by Gasteiger charge is -2.12. The van der Waals surface area contributed by atoms with Crippen molar-refractivity contribution in [1.82, 2.24) is 9.88 Å². The molecule has 0 radical (unpaired) electrons. The molecule has 0 atom stereocenters. The fraction of sp³-hybridized carbons (Fsp3) is 0.111. The van der Waals surface area contributed by atoms with Crippen LogP contribution in [0.15, 0.2) is 45.9 Å². The van der Waals surface area contributed by atoms with Gasteiger partial charge in [-0.1, -0.05) is 18.2 Å². The van der Waals surface area contributed by atoms with Crippen molar-refractivity contribution in [3.63, 3.8) is 0 Å². The van der Waals surface area contributed by atoms with Gasteiger partial charge < -0.3 is 4.57 Å². The van der Waals surface area contributed by atoms with Crippen LogP contribution in [0.4, 0.5) is 0 Å². The van der Waals surface area contributed by atoms with E-state index in [-0.39, 0.29) is 11.8 Å². The number of nitrogens with one attached hydrogen (secondary N) is 1. The number of hydrogen-bond acceptors (Lipinski definition) is 3. The molecule has 24 heavy (non-hydrogen) atoms. The minimum atomic E-state index is -0.338. The van der Waals surface area contributed by atoms with E-state index in [0.717, 1.165) is 31.4 Å². The molecular formula is C18H13BrN2O2S. The number of aryl methyl sites for hydroxylation is 1. The summed E-state index contributed by atoms with van der Waals surface area (Å²) in [6.45, 7) is 0. The molecule has 2 aromatic carbocycles. The summed E-state index contributed by atoms with van der Waals surface area (Å²) >= 11 is 5.13. The van der Waals surface area contributed by atoms with Gasteiger partial charge in [0.25, 0.3) is 11.8 Å². The Morgan fingerprint density at radius 3 is 2.54 bits per heavy atom. The van der Waals surface area contributed by atoms with E-state index in [9.17, 15) is 9.59 Å². The van der Waals surface area contributed by atoms with Crippen LogP contribution < -0.4 is 5.32 Å². The second-order valence-corrected chi connectivity index (χ2v) is 7.34. The van der Waals surface area contributed by atoms with Crippen LogP contribution in [-0.4, -0.2) is 22.6 Å². The van der Waals surface area contributed by atoms with Crippen molar-refractivity contribution in [3.8, 4) is 11.1 Å². The van der Waals surface area contributed by atoms with E-state index in [0.29, 0.717) is 11.1 Å². The number of thioether (sulfide) groups is 1. The molecule has 0 bridgehead atoms. The Morgan fingerprint density at radius 2 is 1.79 bits per heavy atom. The van der Waals surface area contributed by atoms with Gasteiger partial charge in [0.1, 0.15) is 0 Å². The molecule has 1 aliphatic heterocycles. The van der Waals surface area contributed by atoms with Gasteiger partial charge in [-0.15, -0.1) is 11.8 Å². The molecule has 6 heteroatoms. The van der Waals surface area contributed by atoms with Crippen LogP contribution in [-0.2, 0) is 7.05 Å². The Morgan fingerprint density at radius 1 is 1.08 bits per heavy atom. The normalized spacial score (nSPS) is 13.5. The van der Waals surface area contributed by atoms with Gasteiger partial charge in [-0.25, -0.2) is 0 Å². The highest BCUT2D eigenvalue weighted by Gasteiger charge is 2.34. The van der Waals surface area contributed by atoms with E-state index < -0.39 is 0 Å². The molecule has 4 nitrogen and oxygen atoms in total. The largest absolute Gasteiger partial charge is 0.349 e. The number of amides is 2. The van der Waals surface area contributed by atoms with Gasteiger partial charge in [0.15, 0.2) is 0 Å². The Hall–Kier alpha value is -2.05. The van der Waals surface area contributed by atoms with Gasteiger partial charge in [0.2, 0.25) is 0 Å². The third kappa shape index (κ3) is 2.06. The number of halogens is 1. The molecule has 1 aliphatic rings. The van der Waals surface area contributed by atoms with Crippen LogP contribution >= 0.6 is 27.7 Å². The lowest BCUT2D eigenvalue weighted by atomic mass is 9.94. The van der Waals surface area contributed by atoms with Crippen LogP contribution in [0.5, 0.6) is 0 Å². The lowest BCUT2D eigenvalue weighted by Crippen LogP contribution is -2.20. The number of carbonyl (C=O) groups excluding carboxylic acids is 2. The van der Waals surface area contributed by atoms with Crippen molar-refractivity contribution in [1.29, 1.82) is 0 Å². The molecule has 0 unspecified atom stereocenters. The number of benzene rings is 2. The summed E-state index contributed by atoms with van der Waals surface area (Å²) in [7, 11) is 1.93. The Labute approximate surface area is 151 Å². The molecule has 2 heterocycles. The minimum Gasteiger partial charge on any atom is -0.349 e. The SMILES string of the molecule is CSc1ccccc1-c1cc2c(c(Br)cn2C)c2c1C(=O)NC2=O. The second kappa shape index (κ2) is 5.50. The number of aromatic nitrogens is 1. The topological polar surface area (TPSA) is 51.1 Å². The van der Waals surface area contributed by atoms with E-state index in [4.69, 9.17) is 0 Å². The molecule has 2 amide bonds. The number of carbonyl (C=O) groups is 2. The van der Waals surface area contributed by atoms with Crippen LogP contribution in [0.25, 0.3) is 22.0 Å². The third-order valence-electron chi connectivity index (χ3n) is 4.31. The molecule has 120 valence electrons. The molecule has 0 saturated heterocycles. The number of hydrogen-bond donors (Lipinski definition) is 1. The fourth-order valence-electron chi connectivity index (χ4n) is 3.26. The summed E-state index contributed by atoms with van der Waals surface area (Å²) in [5, 5.41) is 3.22. The van der Waals surface area contributed by atoms with Crippen molar-refractivity contribution in [2.24, 2.45) is 7.05 Å². The fourth-order valence-corrected chi connectivity index (χ4v) is 4.58. The predicted octanol–water partition coefficient (Wildman–Crippen LogP) is 4.21. The summed E-state index contributed by atoms with van der Waals surface area (Å²) in [4.78, 5) is 26.0. The second-order valence-electron chi connectivity index (χ2n) is 5.64. The summed E-state index contributed by atoms with van der Waals surface area (Å²) in [6.07, 6.45) is 3.91. The van der Waals surface area contributed by atoms with Crippen LogP contribution in [0.3, 0.4) is 0 Å². The molecule has 1 N–H and O–H groups in total. The highest BCUT2D eigenvalue weighted by Crippen LogP contribution is 2.41. The van der Waals surface area contributed by atoms with E-state index in [1.165, 1.54) is 0 Å². The van der Waals surface area contributed by atoms with Crippen molar-refractivity contribution < 1.29 is 9.59 Å². The average molecular weight is 401 g/mol. The van der Waals surface area contributed by atoms with Crippen molar-refractivity contribution in [2.75, 3.05) is 6.26 Å². The number of imide groups is 1. The maximum absolute atomic E-state index is 12.5. The molecular weight excluding hydrogens is 388 g/mol. The average Bonchev–Trinajstić information content (AvgIpc) is 3.03. The Bertz CT molecular complexity index is 1040. The minimum absolute atomic E-state index is 0.335. The van der Waals surface area contributed by atoms with Crippen molar-refractivity contribution >= 4 is 50.4 Å². The van der Waals surface area contributed by atoms with Gasteiger partial charge in [-0.3, -0.25) is 14.9 Å². The van der Waals surface area contributed by atoms with E-state index in [2.05, 4.69) is 21.2 Å². The zero-order chi connectivity index (χ0) is 17.0. The molecule has 0 saturated carbocycles. The number of rotatable bonds is 2. The first-order valence-corrected chi connectivity index (χ1v) is 9.35. The lowest BCUT2D eigenvalue weighted by molar-refractivity contribution is 0.0880. The van der Waals surface area contributed by atoms with Gasteiger partial charge in [0.05, 0.1) is 16.6 Å². The Kier molecular flexibility index (Phi) is 3.54. The summed E-state index contributed by atoms with van der Waals surface area (Å²) < 4.78 is 2.77. The smallest absolute Gasteiger partial charge is 0.259 e. The predicted molar refractivity (Wildman–Crippen MR) is 99.6 cm³/mol. The van der Waals surface area contributed by atoms with Crippen molar-refractivity contribution in [3.05, 3.63) is 52.1 Å². The molecule has 1 aromatic heterocycles. The first-order valence-electron chi connectivity index (χ1n) is 7.33. The Balaban J connectivity index is 2.18. The van der Waals surface area contributed by atoms with Crippen LogP contribution in [0, 0.1) is 0 Å². The standard InChI is InChI=1S/C18H13BrN2O2S/c1-21-8-11(19)15-12(21)7-10(9-5-3-4-6-13(9)24-2)14-16(15)18(23)20-17(14)22/h3-8H,1-2H3,(H,20,22,23). The summed E-state index contributed by atoms with van der Waals surface area (Å²) in [5.41, 5.74) is 3.58. The molecule has 0 fully saturated rings. The zero-order valence-corrected chi connectivity index (χ0v) is 15.4. The third-order valence-corrected chi connectivity index (χ3v) is 5.71. The van der Waals surface area contributed by atoms with Crippen molar-refractivity contribution in [2.45, 2.75) is 4.90 Å². The van der Waals surface area contributed by atoms with Gasteiger partial charge in [-0.05, 0) is 45.4 Å². The van der Waals surface area contributed by atoms with E-state index in [1.54, 1.807) is 11.8 Å². The maximum Gasteiger partial charge on any atom is 0.259 e. The highest BCUT2D eigenvalue weighted by atomic mass is 79.9. The maximum atomic E-state index is 12.5. The first-order chi connectivity index (χ1) is 11.5. The number of nitrogens with zero attached hydrogens (tertiary/aromatic N) is 1. The van der Waals surface area contributed by atoms with E-state index in [1.807, 2.05) is 54.4 Å². The molecule has 4 rings (SSSR count). The van der Waals surface area contributed by atoms with Crippen LogP contribution in [0.2, 0.25) is 0 Å². The summed E-state index contributed by atoms with van der Waals surface area (Å²) in [5.74, 6) is -0.672. The zero-order valence-electron chi connectivity index (χ0n) is 13.0. The first kappa shape index (κ1) is 15.5. The molecule has 3 aromatic rings. The van der Waals surface area contributed by atoms with E-state index >= 15 is 0 Å². The monoisotopic (exact) mass is 400 g/mol. The molecule has 0 spiro atoms.